The normalized spacial score (nSPS) is 19.9. The van der Waals surface area contributed by atoms with E-state index in [1.165, 1.54) is 5.56 Å². The number of fused-ring (bicyclic) bond motifs is 1. The number of nitrogens with zero attached hydrogens (tertiary/aromatic N) is 5. The second kappa shape index (κ2) is 8.59. The average molecular weight is 418 g/mol. The number of amides is 1. The summed E-state index contributed by atoms with van der Waals surface area (Å²) in [6.07, 6.45) is 5.59. The molecule has 5 rings (SSSR count). The smallest absolute Gasteiger partial charge is 0.241 e. The van der Waals surface area contributed by atoms with Gasteiger partial charge in [0.05, 0.1) is 6.54 Å². The van der Waals surface area contributed by atoms with Crippen molar-refractivity contribution < 1.29 is 9.32 Å². The molecule has 0 saturated carbocycles. The monoisotopic (exact) mass is 417 g/mol. The van der Waals surface area contributed by atoms with Crippen molar-refractivity contribution in [1.29, 1.82) is 0 Å². The Morgan fingerprint density at radius 1 is 1.10 bits per heavy atom. The molecule has 0 bridgehead atoms. The lowest BCUT2D eigenvalue weighted by molar-refractivity contribution is -0.120. The van der Waals surface area contributed by atoms with Gasteiger partial charge in [-0.25, -0.2) is 0 Å². The highest BCUT2D eigenvalue weighted by Gasteiger charge is 2.31. The topological polar surface area (TPSA) is 75.4 Å². The largest absolute Gasteiger partial charge is 0.339 e. The molecule has 0 N–H and O–H groups in total. The first-order chi connectivity index (χ1) is 15.2. The summed E-state index contributed by atoms with van der Waals surface area (Å²) in [4.78, 5) is 26.3. The van der Waals surface area contributed by atoms with Crippen LogP contribution in [-0.2, 0) is 11.2 Å². The molecule has 1 atom stereocenters. The molecule has 31 heavy (non-hydrogen) atoms. The van der Waals surface area contributed by atoms with Crippen LogP contribution in [0.3, 0.4) is 0 Å². The minimum absolute atomic E-state index is 0.188. The molecule has 7 nitrogen and oxygen atoms in total. The molecule has 0 aliphatic carbocycles. The molecule has 4 heterocycles. The number of hydrogen-bond donors (Lipinski definition) is 0. The fourth-order valence-electron chi connectivity index (χ4n) is 4.67. The predicted octanol–water partition coefficient (Wildman–Crippen LogP) is 3.68. The minimum atomic E-state index is 0.188. The fourth-order valence-corrected chi connectivity index (χ4v) is 4.67. The van der Waals surface area contributed by atoms with Gasteiger partial charge in [0.25, 0.3) is 0 Å². The van der Waals surface area contributed by atoms with Gasteiger partial charge in [-0.3, -0.25) is 14.7 Å². The van der Waals surface area contributed by atoms with E-state index >= 15 is 0 Å². The van der Waals surface area contributed by atoms with Gasteiger partial charge in [-0.2, -0.15) is 4.98 Å². The quantitative estimate of drug-likeness (QED) is 0.645. The highest BCUT2D eigenvalue weighted by atomic mass is 16.5. The Bertz CT molecular complexity index is 1040. The molecule has 0 radical (unpaired) electrons. The summed E-state index contributed by atoms with van der Waals surface area (Å²) >= 11 is 0. The highest BCUT2D eigenvalue weighted by Crippen LogP contribution is 2.32. The predicted molar refractivity (Wildman–Crippen MR) is 118 cm³/mol. The van der Waals surface area contributed by atoms with E-state index in [1.54, 1.807) is 6.20 Å². The number of hydrogen-bond acceptors (Lipinski definition) is 6. The molecule has 7 heteroatoms. The van der Waals surface area contributed by atoms with Crippen LogP contribution in [0.1, 0.15) is 43.6 Å². The lowest BCUT2D eigenvalue weighted by atomic mass is 9.95. The Morgan fingerprint density at radius 3 is 2.71 bits per heavy atom. The third-order valence-corrected chi connectivity index (χ3v) is 6.42. The second-order valence-electron chi connectivity index (χ2n) is 8.50. The summed E-state index contributed by atoms with van der Waals surface area (Å²) in [5.74, 6) is 1.62. The van der Waals surface area contributed by atoms with E-state index in [1.807, 2.05) is 29.2 Å². The molecule has 1 fully saturated rings. The summed E-state index contributed by atoms with van der Waals surface area (Å²) in [6.45, 7) is 4.30. The number of piperidine rings is 1. The lowest BCUT2D eigenvalue weighted by Crippen LogP contribution is -2.48. The molecule has 0 spiro atoms. The Labute approximate surface area is 182 Å². The van der Waals surface area contributed by atoms with Gasteiger partial charge >= 0.3 is 0 Å². The van der Waals surface area contributed by atoms with Crippen molar-refractivity contribution in [2.45, 2.75) is 44.6 Å². The number of likely N-dealkylation sites (tertiary alicyclic amines) is 1. The van der Waals surface area contributed by atoms with Crippen LogP contribution in [0.15, 0.2) is 53.2 Å². The van der Waals surface area contributed by atoms with E-state index < -0.39 is 0 Å². The molecule has 2 aliphatic heterocycles. The van der Waals surface area contributed by atoms with Crippen molar-refractivity contribution in [2.75, 3.05) is 24.5 Å². The molecule has 160 valence electrons. The van der Waals surface area contributed by atoms with Crippen LogP contribution in [0.5, 0.6) is 0 Å². The molecular weight excluding hydrogens is 390 g/mol. The molecule has 1 aromatic carbocycles. The molecule has 1 unspecified atom stereocenters. The maximum atomic E-state index is 13.2. The standard InChI is InChI=1S/C24H27N5O2/c1-17-9-10-18-6-2-3-8-21(18)29(17)22(30)16-28-14-11-19(12-15-28)24-26-23(27-31-24)20-7-4-5-13-25-20/h2-8,13,17,19H,9-12,14-16H2,1H3. The number of carbonyl (C=O) groups excluding carboxylic acids is 1. The van der Waals surface area contributed by atoms with E-state index in [2.05, 4.69) is 45.1 Å². The zero-order chi connectivity index (χ0) is 21.2. The number of aromatic nitrogens is 3. The maximum Gasteiger partial charge on any atom is 0.241 e. The van der Waals surface area contributed by atoms with Crippen molar-refractivity contribution in [2.24, 2.45) is 0 Å². The van der Waals surface area contributed by atoms with Gasteiger partial charge in [0.15, 0.2) is 0 Å². The minimum Gasteiger partial charge on any atom is -0.339 e. The SMILES string of the molecule is CC1CCc2ccccc2N1C(=O)CN1CCC(c2nc(-c3ccccn3)no2)CC1. The zero-order valence-electron chi connectivity index (χ0n) is 17.8. The highest BCUT2D eigenvalue weighted by molar-refractivity contribution is 5.96. The van der Waals surface area contributed by atoms with E-state index in [0.29, 0.717) is 18.3 Å². The second-order valence-corrected chi connectivity index (χ2v) is 8.50. The fraction of sp³-hybridized carbons (Fsp3) is 0.417. The zero-order valence-corrected chi connectivity index (χ0v) is 17.8. The third-order valence-electron chi connectivity index (χ3n) is 6.42. The van der Waals surface area contributed by atoms with Crippen LogP contribution in [0.4, 0.5) is 5.69 Å². The van der Waals surface area contributed by atoms with E-state index in [-0.39, 0.29) is 17.9 Å². The van der Waals surface area contributed by atoms with E-state index in [9.17, 15) is 4.79 Å². The molecular formula is C24H27N5O2. The number of carbonyl (C=O) groups is 1. The molecule has 1 amide bonds. The average Bonchev–Trinajstić information content (AvgIpc) is 3.30. The van der Waals surface area contributed by atoms with Crippen LogP contribution in [0.25, 0.3) is 11.5 Å². The summed E-state index contributed by atoms with van der Waals surface area (Å²) in [5.41, 5.74) is 3.07. The Kier molecular flexibility index (Phi) is 5.51. The van der Waals surface area contributed by atoms with Crippen LogP contribution < -0.4 is 4.90 Å². The number of benzene rings is 1. The number of pyridine rings is 1. The van der Waals surface area contributed by atoms with Gasteiger partial charge in [0, 0.05) is 23.8 Å². The van der Waals surface area contributed by atoms with Crippen LogP contribution >= 0.6 is 0 Å². The first-order valence-electron chi connectivity index (χ1n) is 11.1. The number of aryl methyl sites for hydroxylation is 1. The van der Waals surface area contributed by atoms with Gasteiger partial charge in [-0.1, -0.05) is 29.4 Å². The van der Waals surface area contributed by atoms with Gasteiger partial charge in [-0.15, -0.1) is 0 Å². The van der Waals surface area contributed by atoms with Crippen molar-refractivity contribution in [3.8, 4) is 11.5 Å². The molecule has 2 aromatic heterocycles. The van der Waals surface area contributed by atoms with Gasteiger partial charge in [0.1, 0.15) is 5.69 Å². The number of rotatable bonds is 4. The van der Waals surface area contributed by atoms with Gasteiger partial charge in [0.2, 0.25) is 17.6 Å². The number of para-hydroxylation sites is 1. The summed E-state index contributed by atoms with van der Waals surface area (Å²) in [7, 11) is 0. The number of anilines is 1. The van der Waals surface area contributed by atoms with Crippen molar-refractivity contribution in [3.05, 3.63) is 60.1 Å². The lowest BCUT2D eigenvalue weighted by Gasteiger charge is -2.37. The maximum absolute atomic E-state index is 13.2. The van der Waals surface area contributed by atoms with Crippen LogP contribution in [-0.4, -0.2) is 51.6 Å². The Morgan fingerprint density at radius 2 is 1.90 bits per heavy atom. The first-order valence-corrected chi connectivity index (χ1v) is 11.1. The van der Waals surface area contributed by atoms with Crippen LogP contribution in [0, 0.1) is 0 Å². The molecule has 3 aromatic rings. The van der Waals surface area contributed by atoms with Gasteiger partial charge < -0.3 is 9.42 Å². The summed E-state index contributed by atoms with van der Waals surface area (Å²) in [5, 5.41) is 4.10. The molecule has 1 saturated heterocycles. The summed E-state index contributed by atoms with van der Waals surface area (Å²) < 4.78 is 5.53. The molecule has 2 aliphatic rings. The van der Waals surface area contributed by atoms with Crippen molar-refractivity contribution >= 4 is 11.6 Å². The van der Waals surface area contributed by atoms with Crippen LogP contribution in [0.2, 0.25) is 0 Å². The van der Waals surface area contributed by atoms with Crippen molar-refractivity contribution in [3.63, 3.8) is 0 Å². The Balaban J connectivity index is 1.20. The van der Waals surface area contributed by atoms with E-state index in [0.717, 1.165) is 50.2 Å². The summed E-state index contributed by atoms with van der Waals surface area (Å²) in [6, 6.07) is 14.2. The van der Waals surface area contributed by atoms with Gasteiger partial charge in [-0.05, 0) is 69.5 Å². The van der Waals surface area contributed by atoms with Crippen molar-refractivity contribution in [1.82, 2.24) is 20.0 Å². The first kappa shape index (κ1) is 19.9. The van der Waals surface area contributed by atoms with E-state index in [4.69, 9.17) is 4.52 Å². The third kappa shape index (κ3) is 4.10. The Hall–Kier alpha value is -3.06.